The number of aromatic nitrogens is 2. The van der Waals surface area contributed by atoms with Gasteiger partial charge in [0, 0.05) is 22.2 Å². The van der Waals surface area contributed by atoms with Gasteiger partial charge in [0.1, 0.15) is 18.1 Å². The smallest absolute Gasteiger partial charge is 0.220 e. The number of methoxy groups -OCH3 is 2. The molecule has 0 saturated heterocycles. The molecule has 7 nitrogen and oxygen atoms in total. The zero-order valence-electron chi connectivity index (χ0n) is 19.0. The monoisotopic (exact) mass is 477 g/mol. The first-order valence-electron chi connectivity index (χ1n) is 10.5. The fourth-order valence-electron chi connectivity index (χ4n) is 3.68. The Hall–Kier alpha value is -3.97. The van der Waals surface area contributed by atoms with Gasteiger partial charge in [0.25, 0.3) is 0 Å². The van der Waals surface area contributed by atoms with Gasteiger partial charge < -0.3 is 25.1 Å². The third-order valence-electron chi connectivity index (χ3n) is 5.32. The minimum Gasteiger partial charge on any atom is -0.507 e. The fraction of sp³-hybridized carbons (Fsp3) is 0.154. The van der Waals surface area contributed by atoms with Crippen LogP contribution in [-0.2, 0) is 6.61 Å². The summed E-state index contributed by atoms with van der Waals surface area (Å²) in [6.45, 7) is 2.18. The maximum atomic E-state index is 10.9. The van der Waals surface area contributed by atoms with Gasteiger partial charge in [-0.15, -0.1) is 0 Å². The van der Waals surface area contributed by atoms with Gasteiger partial charge in [-0.05, 0) is 54.4 Å². The van der Waals surface area contributed by atoms with Crippen molar-refractivity contribution >= 4 is 17.5 Å². The number of anilines is 1. The molecule has 0 radical (unpaired) electrons. The van der Waals surface area contributed by atoms with Crippen LogP contribution in [0.4, 0.5) is 5.95 Å². The maximum absolute atomic E-state index is 10.9. The molecule has 0 amide bonds. The quantitative estimate of drug-likeness (QED) is 0.354. The minimum atomic E-state index is 0.00725. The van der Waals surface area contributed by atoms with E-state index in [-0.39, 0.29) is 11.7 Å². The van der Waals surface area contributed by atoms with Crippen LogP contribution < -0.4 is 19.9 Å². The number of nitrogens with zero attached hydrogens (tertiary/aromatic N) is 2. The van der Waals surface area contributed by atoms with E-state index in [9.17, 15) is 5.11 Å². The van der Waals surface area contributed by atoms with Crippen molar-refractivity contribution in [2.45, 2.75) is 13.5 Å². The van der Waals surface area contributed by atoms with Gasteiger partial charge in [0.05, 0.1) is 25.6 Å². The second-order valence-corrected chi connectivity index (χ2v) is 7.99. The summed E-state index contributed by atoms with van der Waals surface area (Å²) in [6.07, 6.45) is 0. The van der Waals surface area contributed by atoms with Gasteiger partial charge in [-0.2, -0.15) is 0 Å². The van der Waals surface area contributed by atoms with Crippen LogP contribution in [0, 0.1) is 6.92 Å². The first-order valence-corrected chi connectivity index (χ1v) is 10.8. The number of hydrogen-bond acceptors (Lipinski definition) is 7. The molecular weight excluding hydrogens is 454 g/mol. The van der Waals surface area contributed by atoms with E-state index in [0.717, 1.165) is 16.7 Å². The number of aromatic hydroxyl groups is 1. The van der Waals surface area contributed by atoms with Crippen LogP contribution in [0.3, 0.4) is 0 Å². The lowest BCUT2D eigenvalue weighted by molar-refractivity contribution is 0.304. The van der Waals surface area contributed by atoms with Crippen LogP contribution in [0.1, 0.15) is 11.3 Å². The number of ether oxygens (including phenoxy) is 3. The number of benzene rings is 3. The molecule has 0 atom stereocenters. The molecule has 0 spiro atoms. The van der Waals surface area contributed by atoms with Gasteiger partial charge in [0.2, 0.25) is 5.95 Å². The van der Waals surface area contributed by atoms with E-state index in [2.05, 4.69) is 9.97 Å². The van der Waals surface area contributed by atoms with Crippen molar-refractivity contribution in [2.75, 3.05) is 20.0 Å². The summed E-state index contributed by atoms with van der Waals surface area (Å²) in [5, 5.41) is 11.5. The van der Waals surface area contributed by atoms with E-state index in [0.29, 0.717) is 45.8 Å². The van der Waals surface area contributed by atoms with Crippen LogP contribution in [0.15, 0.2) is 60.7 Å². The molecule has 0 fully saturated rings. The Morgan fingerprint density at radius 3 is 2.32 bits per heavy atom. The molecule has 0 unspecified atom stereocenters. The number of nitrogen functional groups attached to an aromatic ring is 1. The van der Waals surface area contributed by atoms with Crippen molar-refractivity contribution < 1.29 is 19.3 Å². The first kappa shape index (κ1) is 23.2. The van der Waals surface area contributed by atoms with Crippen LogP contribution >= 0.6 is 11.6 Å². The molecule has 1 aromatic heterocycles. The van der Waals surface area contributed by atoms with Crippen molar-refractivity contribution in [3.63, 3.8) is 0 Å². The molecule has 34 heavy (non-hydrogen) atoms. The molecule has 4 rings (SSSR count). The summed E-state index contributed by atoms with van der Waals surface area (Å²) in [7, 11) is 3.15. The molecular formula is C26H24ClN3O4. The normalized spacial score (nSPS) is 10.7. The standard InChI is InChI=1S/C26H24ClN3O4/c1-15-24(17-6-11-22(32-2)23(12-17)33-3)25(30-26(28)29-15)20-10-9-19(13-21(20)31)34-14-16-4-7-18(27)8-5-16/h4-13,31H,14H2,1-3H3,(H2,28,29,30). The largest absolute Gasteiger partial charge is 0.507 e. The van der Waals surface area contributed by atoms with E-state index in [1.54, 1.807) is 50.6 Å². The summed E-state index contributed by atoms with van der Waals surface area (Å²) in [4.78, 5) is 8.78. The van der Waals surface area contributed by atoms with E-state index in [1.807, 2.05) is 31.2 Å². The van der Waals surface area contributed by atoms with Crippen molar-refractivity contribution in [2.24, 2.45) is 0 Å². The lowest BCUT2D eigenvalue weighted by Crippen LogP contribution is -2.03. The molecule has 0 aliphatic rings. The zero-order valence-corrected chi connectivity index (χ0v) is 19.8. The van der Waals surface area contributed by atoms with Crippen LogP contribution in [0.25, 0.3) is 22.4 Å². The molecule has 0 aliphatic carbocycles. The van der Waals surface area contributed by atoms with Gasteiger partial charge in [0.15, 0.2) is 11.5 Å². The third kappa shape index (κ3) is 4.84. The Labute approximate surface area is 202 Å². The van der Waals surface area contributed by atoms with Gasteiger partial charge in [-0.1, -0.05) is 29.8 Å². The highest BCUT2D eigenvalue weighted by Crippen LogP contribution is 2.41. The molecule has 174 valence electrons. The molecule has 0 saturated carbocycles. The number of nitrogens with two attached hydrogens (primary N) is 1. The summed E-state index contributed by atoms with van der Waals surface area (Å²) in [5.41, 5.74) is 10.1. The average Bonchev–Trinajstić information content (AvgIpc) is 2.83. The summed E-state index contributed by atoms with van der Waals surface area (Å²) < 4.78 is 16.6. The molecule has 4 aromatic rings. The zero-order chi connectivity index (χ0) is 24.2. The topological polar surface area (TPSA) is 99.7 Å². The Balaban J connectivity index is 1.71. The Morgan fingerprint density at radius 2 is 1.65 bits per heavy atom. The Morgan fingerprint density at radius 1 is 0.912 bits per heavy atom. The molecule has 3 N–H and O–H groups in total. The minimum absolute atomic E-state index is 0.00725. The SMILES string of the molecule is COc1ccc(-c2c(C)nc(N)nc2-c2ccc(OCc3ccc(Cl)cc3)cc2O)cc1OC. The molecule has 0 bridgehead atoms. The van der Waals surface area contributed by atoms with Crippen LogP contribution in [0.5, 0.6) is 23.0 Å². The van der Waals surface area contributed by atoms with E-state index < -0.39 is 0 Å². The number of rotatable bonds is 7. The number of halogens is 1. The fourth-order valence-corrected chi connectivity index (χ4v) is 3.80. The van der Waals surface area contributed by atoms with Gasteiger partial charge in [-0.3, -0.25) is 0 Å². The summed E-state index contributed by atoms with van der Waals surface area (Å²) in [6, 6.07) is 18.0. The molecule has 8 heteroatoms. The number of phenolic OH excluding ortho intramolecular Hbond substituents is 1. The number of hydrogen-bond donors (Lipinski definition) is 2. The van der Waals surface area contributed by atoms with Crippen molar-refractivity contribution in [3.8, 4) is 45.4 Å². The predicted octanol–water partition coefficient (Wildman–Crippen LogP) is 5.66. The van der Waals surface area contributed by atoms with E-state index >= 15 is 0 Å². The third-order valence-corrected chi connectivity index (χ3v) is 5.57. The average molecular weight is 478 g/mol. The lowest BCUT2D eigenvalue weighted by Gasteiger charge is -2.16. The van der Waals surface area contributed by atoms with Crippen molar-refractivity contribution in [1.82, 2.24) is 9.97 Å². The van der Waals surface area contributed by atoms with Crippen molar-refractivity contribution in [3.05, 3.63) is 76.9 Å². The second-order valence-electron chi connectivity index (χ2n) is 7.55. The van der Waals surface area contributed by atoms with Crippen molar-refractivity contribution in [1.29, 1.82) is 0 Å². The first-order chi connectivity index (χ1) is 16.4. The maximum Gasteiger partial charge on any atom is 0.220 e. The molecule has 1 heterocycles. The highest BCUT2D eigenvalue weighted by Gasteiger charge is 2.19. The highest BCUT2D eigenvalue weighted by molar-refractivity contribution is 6.30. The lowest BCUT2D eigenvalue weighted by atomic mass is 9.97. The van der Waals surface area contributed by atoms with Gasteiger partial charge in [-0.25, -0.2) is 9.97 Å². The van der Waals surface area contributed by atoms with Crippen LogP contribution in [-0.4, -0.2) is 29.3 Å². The number of phenols is 1. The number of aryl methyl sites for hydroxylation is 1. The Kier molecular flexibility index (Phi) is 6.75. The Bertz CT molecular complexity index is 1330. The molecule has 0 aliphatic heterocycles. The summed E-state index contributed by atoms with van der Waals surface area (Å²) in [5.74, 6) is 1.80. The highest BCUT2D eigenvalue weighted by atomic mass is 35.5. The van der Waals surface area contributed by atoms with E-state index in [4.69, 9.17) is 31.5 Å². The summed E-state index contributed by atoms with van der Waals surface area (Å²) >= 11 is 5.93. The van der Waals surface area contributed by atoms with Crippen LogP contribution in [0.2, 0.25) is 5.02 Å². The van der Waals surface area contributed by atoms with Gasteiger partial charge >= 0.3 is 0 Å². The second kappa shape index (κ2) is 9.89. The molecule has 3 aromatic carbocycles. The predicted molar refractivity (Wildman–Crippen MR) is 133 cm³/mol. The van der Waals surface area contributed by atoms with E-state index in [1.165, 1.54) is 0 Å².